The van der Waals surface area contributed by atoms with E-state index in [9.17, 15) is 9.59 Å². The maximum atomic E-state index is 12.5. The topological polar surface area (TPSA) is 76.9 Å². The van der Waals surface area contributed by atoms with Crippen LogP contribution in [0.1, 0.15) is 0 Å². The molecular weight excluding hydrogens is 348 g/mol. The predicted molar refractivity (Wildman–Crippen MR) is 101 cm³/mol. The second-order valence-corrected chi connectivity index (χ2v) is 6.47. The lowest BCUT2D eigenvalue weighted by atomic mass is 10.1. The number of hydrogen-bond donors (Lipinski definition) is 0. The fraction of sp³-hybridized carbons (Fsp3) is 0.421. The number of carbonyl (C=O) groups excluding carboxylic acids is 1. The molecule has 0 unspecified atom stereocenters. The van der Waals surface area contributed by atoms with Gasteiger partial charge in [0.2, 0.25) is 5.91 Å². The fourth-order valence-electron chi connectivity index (χ4n) is 3.00. The molecule has 1 aliphatic rings. The number of hydrogen-bond acceptors (Lipinski definition) is 6. The summed E-state index contributed by atoms with van der Waals surface area (Å²) in [6.45, 7) is 2.93. The number of methoxy groups -OCH3 is 2. The summed E-state index contributed by atoms with van der Waals surface area (Å²) in [6.07, 6.45) is 0. The molecule has 0 aliphatic carbocycles. The molecule has 8 heteroatoms. The highest BCUT2D eigenvalue weighted by Crippen LogP contribution is 2.31. The Labute approximate surface area is 157 Å². The summed E-state index contributed by atoms with van der Waals surface area (Å²) < 4.78 is 11.8. The summed E-state index contributed by atoms with van der Waals surface area (Å²) in [7, 11) is 5.16. The largest absolute Gasteiger partial charge is 0.493 e. The molecule has 0 N–H and O–H groups in total. The molecule has 3 rings (SSSR count). The molecule has 1 amide bonds. The Balaban J connectivity index is 1.82. The van der Waals surface area contributed by atoms with E-state index in [0.29, 0.717) is 30.3 Å². The number of ether oxygens (including phenoxy) is 2. The number of aromatic nitrogens is 2. The van der Waals surface area contributed by atoms with E-state index in [0.717, 1.165) is 18.7 Å². The molecule has 0 saturated carbocycles. The Hall–Kier alpha value is -2.87. The van der Waals surface area contributed by atoms with Crippen LogP contribution in [0.2, 0.25) is 0 Å². The van der Waals surface area contributed by atoms with Gasteiger partial charge in [0.1, 0.15) is 6.54 Å². The van der Waals surface area contributed by atoms with E-state index in [4.69, 9.17) is 9.47 Å². The van der Waals surface area contributed by atoms with E-state index < -0.39 is 0 Å². The third-order valence-electron chi connectivity index (χ3n) is 4.69. The molecule has 2 aromatic rings. The summed E-state index contributed by atoms with van der Waals surface area (Å²) in [5, 5.41) is 4.37. The number of benzene rings is 1. The zero-order valence-corrected chi connectivity index (χ0v) is 15.8. The normalized spacial score (nSPS) is 14.9. The molecule has 1 saturated heterocycles. The SMILES string of the molecule is COc1ccc(-c2ccc(=O)n(CC(=O)N3CCN(C)CC3)n2)cc1OC. The average molecular weight is 372 g/mol. The highest BCUT2D eigenvalue weighted by atomic mass is 16.5. The number of nitrogens with zero attached hydrogens (tertiary/aromatic N) is 4. The smallest absolute Gasteiger partial charge is 0.267 e. The molecule has 1 fully saturated rings. The second kappa shape index (κ2) is 8.22. The van der Waals surface area contributed by atoms with Gasteiger partial charge in [-0.05, 0) is 31.3 Å². The van der Waals surface area contributed by atoms with Crippen LogP contribution in [-0.2, 0) is 11.3 Å². The maximum absolute atomic E-state index is 12.5. The van der Waals surface area contributed by atoms with Gasteiger partial charge in [0.25, 0.3) is 5.56 Å². The van der Waals surface area contributed by atoms with Crippen molar-refractivity contribution in [1.29, 1.82) is 0 Å². The van der Waals surface area contributed by atoms with Crippen molar-refractivity contribution in [2.45, 2.75) is 6.54 Å². The molecule has 1 aliphatic heterocycles. The molecule has 27 heavy (non-hydrogen) atoms. The Kier molecular flexibility index (Phi) is 5.75. The second-order valence-electron chi connectivity index (χ2n) is 6.47. The van der Waals surface area contributed by atoms with Crippen LogP contribution in [0.15, 0.2) is 35.1 Å². The Morgan fingerprint density at radius 3 is 2.41 bits per heavy atom. The third-order valence-corrected chi connectivity index (χ3v) is 4.69. The number of rotatable bonds is 5. The minimum absolute atomic E-state index is 0.0658. The number of piperazine rings is 1. The molecule has 0 atom stereocenters. The lowest BCUT2D eigenvalue weighted by molar-refractivity contribution is -0.133. The molecule has 0 bridgehead atoms. The van der Waals surface area contributed by atoms with Crippen molar-refractivity contribution in [2.24, 2.45) is 0 Å². The minimum Gasteiger partial charge on any atom is -0.493 e. The first-order valence-electron chi connectivity index (χ1n) is 8.78. The molecule has 144 valence electrons. The van der Waals surface area contributed by atoms with Gasteiger partial charge in [-0.2, -0.15) is 5.10 Å². The van der Waals surface area contributed by atoms with Crippen molar-refractivity contribution in [3.05, 3.63) is 40.7 Å². The van der Waals surface area contributed by atoms with Crippen LogP contribution in [0.25, 0.3) is 11.3 Å². The van der Waals surface area contributed by atoms with Crippen LogP contribution in [-0.4, -0.2) is 72.9 Å². The van der Waals surface area contributed by atoms with Gasteiger partial charge in [0.15, 0.2) is 11.5 Å². The predicted octanol–water partition coefficient (Wildman–Crippen LogP) is 0.702. The molecule has 2 heterocycles. The quantitative estimate of drug-likeness (QED) is 0.769. The third kappa shape index (κ3) is 4.28. The molecular formula is C19H24N4O4. The number of carbonyl (C=O) groups is 1. The van der Waals surface area contributed by atoms with Crippen LogP contribution in [0.4, 0.5) is 0 Å². The van der Waals surface area contributed by atoms with Crippen LogP contribution in [0.3, 0.4) is 0 Å². The monoisotopic (exact) mass is 372 g/mol. The van der Waals surface area contributed by atoms with Gasteiger partial charge in [-0.15, -0.1) is 0 Å². The van der Waals surface area contributed by atoms with Crippen LogP contribution in [0.5, 0.6) is 11.5 Å². The van der Waals surface area contributed by atoms with E-state index in [1.807, 2.05) is 13.1 Å². The summed E-state index contributed by atoms with van der Waals surface area (Å²) in [4.78, 5) is 28.7. The highest BCUT2D eigenvalue weighted by Gasteiger charge is 2.20. The minimum atomic E-state index is -0.304. The maximum Gasteiger partial charge on any atom is 0.267 e. The zero-order chi connectivity index (χ0) is 19.4. The Morgan fingerprint density at radius 1 is 1.04 bits per heavy atom. The summed E-state index contributed by atoms with van der Waals surface area (Å²) in [5.41, 5.74) is 1.05. The Morgan fingerprint density at radius 2 is 1.74 bits per heavy atom. The van der Waals surface area contributed by atoms with Crippen molar-refractivity contribution in [2.75, 3.05) is 47.4 Å². The first-order valence-corrected chi connectivity index (χ1v) is 8.78. The van der Waals surface area contributed by atoms with Crippen molar-refractivity contribution < 1.29 is 14.3 Å². The van der Waals surface area contributed by atoms with Crippen molar-refractivity contribution >= 4 is 5.91 Å². The van der Waals surface area contributed by atoms with Gasteiger partial charge in [-0.3, -0.25) is 9.59 Å². The molecule has 1 aromatic carbocycles. The van der Waals surface area contributed by atoms with E-state index in [-0.39, 0.29) is 18.0 Å². The van der Waals surface area contributed by atoms with Crippen molar-refractivity contribution in [1.82, 2.24) is 19.6 Å². The number of amides is 1. The Bertz CT molecular complexity index is 872. The average Bonchev–Trinajstić information content (AvgIpc) is 2.69. The molecule has 0 spiro atoms. The van der Waals surface area contributed by atoms with E-state index in [1.165, 1.54) is 10.7 Å². The summed E-state index contributed by atoms with van der Waals surface area (Å²) >= 11 is 0. The first kappa shape index (κ1) is 18.9. The van der Waals surface area contributed by atoms with Crippen LogP contribution < -0.4 is 15.0 Å². The summed E-state index contributed by atoms with van der Waals surface area (Å²) in [6, 6.07) is 8.47. The molecule has 8 nitrogen and oxygen atoms in total. The first-order chi connectivity index (χ1) is 13.0. The van der Waals surface area contributed by atoms with E-state index in [1.54, 1.807) is 37.3 Å². The van der Waals surface area contributed by atoms with Crippen molar-refractivity contribution in [3.63, 3.8) is 0 Å². The summed E-state index contributed by atoms with van der Waals surface area (Å²) in [5.74, 6) is 1.09. The highest BCUT2D eigenvalue weighted by molar-refractivity contribution is 5.76. The van der Waals surface area contributed by atoms with Gasteiger partial charge >= 0.3 is 0 Å². The van der Waals surface area contributed by atoms with Gasteiger partial charge in [0, 0.05) is 37.8 Å². The van der Waals surface area contributed by atoms with Crippen LogP contribution >= 0.6 is 0 Å². The van der Waals surface area contributed by atoms with Crippen molar-refractivity contribution in [3.8, 4) is 22.8 Å². The molecule has 1 aromatic heterocycles. The lowest BCUT2D eigenvalue weighted by Gasteiger charge is -2.32. The van der Waals surface area contributed by atoms with E-state index in [2.05, 4.69) is 10.00 Å². The van der Waals surface area contributed by atoms with Gasteiger partial charge in [-0.25, -0.2) is 4.68 Å². The molecule has 0 radical (unpaired) electrons. The van der Waals surface area contributed by atoms with Gasteiger partial charge in [-0.1, -0.05) is 0 Å². The zero-order valence-electron chi connectivity index (χ0n) is 15.8. The lowest BCUT2D eigenvalue weighted by Crippen LogP contribution is -2.48. The van der Waals surface area contributed by atoms with Gasteiger partial charge < -0.3 is 19.3 Å². The van der Waals surface area contributed by atoms with Crippen LogP contribution in [0, 0.1) is 0 Å². The standard InChI is InChI=1S/C19H24N4O4/c1-21-8-10-22(11-9-21)19(25)13-23-18(24)7-5-15(20-23)14-4-6-16(26-2)17(12-14)27-3/h4-7,12H,8-11,13H2,1-3H3. The fourth-order valence-corrected chi connectivity index (χ4v) is 3.00. The number of likely N-dealkylation sites (N-methyl/N-ethyl adjacent to an activating group) is 1. The van der Waals surface area contributed by atoms with Gasteiger partial charge in [0.05, 0.1) is 19.9 Å². The van der Waals surface area contributed by atoms with E-state index >= 15 is 0 Å².